The summed E-state index contributed by atoms with van der Waals surface area (Å²) in [7, 11) is 0. The van der Waals surface area contributed by atoms with E-state index in [0.717, 1.165) is 32.8 Å². The first-order valence-electron chi connectivity index (χ1n) is 6.48. The molecule has 0 aromatic rings. The Hall–Kier alpha value is -0.120. The highest BCUT2D eigenvalue weighted by Crippen LogP contribution is 2.00. The maximum Gasteiger partial charge on any atom is 0.0672 e. The number of likely N-dealkylation sites (N-methyl/N-ethyl adjacent to an activating group) is 1. The first-order valence-corrected chi connectivity index (χ1v) is 6.48. The predicted octanol–water partition coefficient (Wildman–Crippen LogP) is 2.12. The van der Waals surface area contributed by atoms with E-state index in [0.29, 0.717) is 0 Å². The lowest BCUT2D eigenvalue weighted by Crippen LogP contribution is -2.41. The summed E-state index contributed by atoms with van der Waals surface area (Å²) in [5, 5.41) is 3.45. The Morgan fingerprint density at radius 2 is 1.75 bits per heavy atom. The lowest BCUT2D eigenvalue weighted by atomic mass is 10.1. The van der Waals surface area contributed by atoms with Crippen LogP contribution < -0.4 is 5.32 Å². The smallest absolute Gasteiger partial charge is 0.0672 e. The van der Waals surface area contributed by atoms with Crippen LogP contribution in [0.15, 0.2) is 0 Å². The molecule has 1 N–H and O–H groups in total. The molecule has 3 nitrogen and oxygen atoms in total. The molecule has 0 amide bonds. The summed E-state index contributed by atoms with van der Waals surface area (Å²) in [5.74, 6) is 0. The highest BCUT2D eigenvalue weighted by molar-refractivity contribution is 4.71. The van der Waals surface area contributed by atoms with Gasteiger partial charge in [-0.25, -0.2) is 0 Å². The van der Waals surface area contributed by atoms with Crippen LogP contribution in [0.3, 0.4) is 0 Å². The fourth-order valence-corrected chi connectivity index (χ4v) is 1.43. The molecule has 0 aromatic heterocycles. The van der Waals surface area contributed by atoms with Crippen LogP contribution in [0, 0.1) is 0 Å². The van der Waals surface area contributed by atoms with Crippen molar-refractivity contribution in [2.24, 2.45) is 0 Å². The van der Waals surface area contributed by atoms with Crippen LogP contribution in [0.5, 0.6) is 0 Å². The standard InChI is InChI=1S/C13H30N2O/c1-7-15(8-2)9-10-16-12(3)11-14-13(4,5)6/h12,14H,7-11H2,1-6H3. The first kappa shape index (κ1) is 15.9. The van der Waals surface area contributed by atoms with Gasteiger partial charge in [0, 0.05) is 18.6 Å². The number of ether oxygens (including phenoxy) is 1. The summed E-state index contributed by atoms with van der Waals surface area (Å²) in [5.41, 5.74) is 0.177. The number of hydrogen-bond acceptors (Lipinski definition) is 3. The van der Waals surface area contributed by atoms with Crippen molar-refractivity contribution >= 4 is 0 Å². The Bertz CT molecular complexity index is 162. The van der Waals surface area contributed by atoms with Crippen LogP contribution in [-0.4, -0.2) is 49.3 Å². The van der Waals surface area contributed by atoms with Gasteiger partial charge in [-0.05, 0) is 40.8 Å². The molecule has 1 atom stereocenters. The van der Waals surface area contributed by atoms with Gasteiger partial charge in [0.05, 0.1) is 12.7 Å². The molecule has 0 radical (unpaired) electrons. The van der Waals surface area contributed by atoms with Gasteiger partial charge in [0.25, 0.3) is 0 Å². The number of nitrogens with zero attached hydrogens (tertiary/aromatic N) is 1. The third-order valence-electron chi connectivity index (χ3n) is 2.62. The molecule has 98 valence electrons. The Kier molecular flexibility index (Phi) is 7.98. The molecule has 0 aliphatic heterocycles. The van der Waals surface area contributed by atoms with Gasteiger partial charge in [0.1, 0.15) is 0 Å². The third-order valence-corrected chi connectivity index (χ3v) is 2.62. The van der Waals surface area contributed by atoms with E-state index in [-0.39, 0.29) is 11.6 Å². The minimum atomic E-state index is 0.177. The number of nitrogens with one attached hydrogen (secondary N) is 1. The van der Waals surface area contributed by atoms with Crippen molar-refractivity contribution in [1.29, 1.82) is 0 Å². The van der Waals surface area contributed by atoms with Crippen molar-refractivity contribution in [3.05, 3.63) is 0 Å². The average molecular weight is 230 g/mol. The summed E-state index contributed by atoms with van der Waals surface area (Å²) in [6.07, 6.45) is 0.287. The van der Waals surface area contributed by atoms with Gasteiger partial charge in [-0.1, -0.05) is 13.8 Å². The third kappa shape index (κ3) is 9.13. The highest BCUT2D eigenvalue weighted by Gasteiger charge is 2.11. The number of rotatable bonds is 8. The van der Waals surface area contributed by atoms with Crippen molar-refractivity contribution in [2.45, 2.75) is 53.2 Å². The minimum Gasteiger partial charge on any atom is -0.376 e. The van der Waals surface area contributed by atoms with Crippen LogP contribution in [0.1, 0.15) is 41.5 Å². The van der Waals surface area contributed by atoms with Crippen molar-refractivity contribution in [1.82, 2.24) is 10.2 Å². The van der Waals surface area contributed by atoms with E-state index < -0.39 is 0 Å². The van der Waals surface area contributed by atoms with Crippen LogP contribution >= 0.6 is 0 Å². The van der Waals surface area contributed by atoms with Crippen LogP contribution in [0.25, 0.3) is 0 Å². The van der Waals surface area contributed by atoms with Crippen molar-refractivity contribution in [2.75, 3.05) is 32.8 Å². The van der Waals surface area contributed by atoms with Gasteiger partial charge < -0.3 is 15.0 Å². The van der Waals surface area contributed by atoms with Gasteiger partial charge >= 0.3 is 0 Å². The van der Waals surface area contributed by atoms with Gasteiger partial charge in [-0.2, -0.15) is 0 Å². The lowest BCUT2D eigenvalue weighted by Gasteiger charge is -2.24. The second-order valence-corrected chi connectivity index (χ2v) is 5.34. The summed E-state index contributed by atoms with van der Waals surface area (Å²) in [6, 6.07) is 0. The molecule has 1 unspecified atom stereocenters. The zero-order chi connectivity index (χ0) is 12.6. The summed E-state index contributed by atoms with van der Waals surface area (Å²) >= 11 is 0. The summed E-state index contributed by atoms with van der Waals surface area (Å²) in [6.45, 7) is 18.0. The quantitative estimate of drug-likeness (QED) is 0.691. The van der Waals surface area contributed by atoms with Crippen molar-refractivity contribution in [3.8, 4) is 0 Å². The Balaban J connectivity index is 3.54. The summed E-state index contributed by atoms with van der Waals surface area (Å²) < 4.78 is 5.77. The highest BCUT2D eigenvalue weighted by atomic mass is 16.5. The molecule has 0 bridgehead atoms. The van der Waals surface area contributed by atoms with E-state index in [2.05, 4.69) is 51.8 Å². The van der Waals surface area contributed by atoms with E-state index in [4.69, 9.17) is 4.74 Å². The molecule has 16 heavy (non-hydrogen) atoms. The van der Waals surface area contributed by atoms with Crippen molar-refractivity contribution in [3.63, 3.8) is 0 Å². The second-order valence-electron chi connectivity index (χ2n) is 5.34. The topological polar surface area (TPSA) is 24.5 Å². The molecular weight excluding hydrogens is 200 g/mol. The van der Waals surface area contributed by atoms with Crippen LogP contribution in [0.2, 0.25) is 0 Å². The largest absolute Gasteiger partial charge is 0.376 e. The number of hydrogen-bond donors (Lipinski definition) is 1. The van der Waals surface area contributed by atoms with Gasteiger partial charge in [-0.15, -0.1) is 0 Å². The Labute approximate surface area is 102 Å². The normalized spacial score (nSPS) is 14.4. The first-order chi connectivity index (χ1) is 7.39. The molecule has 0 saturated heterocycles. The van der Waals surface area contributed by atoms with Crippen LogP contribution in [-0.2, 0) is 4.74 Å². The molecule has 0 aliphatic carbocycles. The maximum atomic E-state index is 5.77. The zero-order valence-corrected chi connectivity index (χ0v) is 12.0. The van der Waals surface area contributed by atoms with Crippen molar-refractivity contribution < 1.29 is 4.74 Å². The molecule has 0 aromatic carbocycles. The van der Waals surface area contributed by atoms with E-state index in [9.17, 15) is 0 Å². The average Bonchev–Trinajstić information content (AvgIpc) is 2.20. The molecule has 3 heteroatoms. The minimum absolute atomic E-state index is 0.177. The Morgan fingerprint density at radius 3 is 2.19 bits per heavy atom. The molecule has 0 fully saturated rings. The lowest BCUT2D eigenvalue weighted by molar-refractivity contribution is 0.0466. The molecular formula is C13H30N2O. The zero-order valence-electron chi connectivity index (χ0n) is 12.0. The van der Waals surface area contributed by atoms with E-state index in [1.54, 1.807) is 0 Å². The second kappa shape index (κ2) is 8.04. The molecule has 0 aliphatic rings. The van der Waals surface area contributed by atoms with Crippen LogP contribution in [0.4, 0.5) is 0 Å². The molecule has 0 heterocycles. The molecule has 0 spiro atoms. The predicted molar refractivity (Wildman–Crippen MR) is 71.0 cm³/mol. The van der Waals surface area contributed by atoms with Gasteiger partial charge in [0.15, 0.2) is 0 Å². The SMILES string of the molecule is CCN(CC)CCOC(C)CNC(C)(C)C. The fourth-order valence-electron chi connectivity index (χ4n) is 1.43. The van der Waals surface area contributed by atoms with E-state index in [1.807, 2.05) is 0 Å². The summed E-state index contributed by atoms with van der Waals surface area (Å²) in [4.78, 5) is 2.38. The molecule has 0 saturated carbocycles. The van der Waals surface area contributed by atoms with Gasteiger partial charge in [-0.3, -0.25) is 0 Å². The maximum absolute atomic E-state index is 5.77. The van der Waals surface area contributed by atoms with E-state index in [1.165, 1.54) is 0 Å². The monoisotopic (exact) mass is 230 g/mol. The molecule has 0 rings (SSSR count). The van der Waals surface area contributed by atoms with Gasteiger partial charge in [0.2, 0.25) is 0 Å². The Morgan fingerprint density at radius 1 is 1.19 bits per heavy atom. The fraction of sp³-hybridized carbons (Fsp3) is 1.00. The van der Waals surface area contributed by atoms with E-state index >= 15 is 0 Å².